The molecule has 0 aliphatic carbocycles. The molecule has 1 aromatic carbocycles. The average Bonchev–Trinajstić information content (AvgIpc) is 2.70. The zero-order chi connectivity index (χ0) is 14.7. The van der Waals surface area contributed by atoms with E-state index < -0.39 is 0 Å². The van der Waals surface area contributed by atoms with Crippen LogP contribution >= 0.6 is 39.1 Å². The van der Waals surface area contributed by atoms with Gasteiger partial charge in [0.1, 0.15) is 0 Å². The van der Waals surface area contributed by atoms with Gasteiger partial charge in [0.05, 0.1) is 23.0 Å². The van der Waals surface area contributed by atoms with Gasteiger partial charge >= 0.3 is 0 Å². The number of benzene rings is 1. The molecule has 0 saturated heterocycles. The maximum absolute atomic E-state index is 6.28. The smallest absolute Gasteiger partial charge is 0.0837 e. The minimum atomic E-state index is -0.0371. The maximum Gasteiger partial charge on any atom is 0.0837 e. The molecule has 0 aliphatic heterocycles. The molecule has 0 amide bonds. The number of hydrogen-bond acceptors (Lipinski definition) is 2. The Morgan fingerprint density at radius 1 is 1.35 bits per heavy atom. The quantitative estimate of drug-likeness (QED) is 0.827. The molecule has 0 fully saturated rings. The van der Waals surface area contributed by atoms with E-state index in [1.54, 1.807) is 10.9 Å². The fourth-order valence-corrected chi connectivity index (χ4v) is 3.31. The molecule has 0 aliphatic rings. The van der Waals surface area contributed by atoms with Crippen molar-refractivity contribution in [3.63, 3.8) is 0 Å². The van der Waals surface area contributed by atoms with Crippen LogP contribution in [0.15, 0.2) is 28.9 Å². The molecular formula is C14H16BrCl2N3. The van der Waals surface area contributed by atoms with E-state index in [4.69, 9.17) is 23.2 Å². The van der Waals surface area contributed by atoms with Crippen molar-refractivity contribution in [3.05, 3.63) is 50.2 Å². The second-order valence-electron chi connectivity index (χ2n) is 4.59. The Hall–Kier alpha value is -0.550. The SMILES string of the molecule is CCCNC(c1cc(Cl)cc(Br)c1)c1c(Cl)cnn1C. The van der Waals surface area contributed by atoms with Gasteiger partial charge in [-0.1, -0.05) is 46.1 Å². The average molecular weight is 377 g/mol. The summed E-state index contributed by atoms with van der Waals surface area (Å²) in [5, 5.41) is 9.06. The van der Waals surface area contributed by atoms with E-state index in [-0.39, 0.29) is 6.04 Å². The van der Waals surface area contributed by atoms with Gasteiger partial charge in [0, 0.05) is 16.5 Å². The normalized spacial score (nSPS) is 12.7. The van der Waals surface area contributed by atoms with E-state index in [2.05, 4.69) is 33.3 Å². The second-order valence-corrected chi connectivity index (χ2v) is 6.35. The van der Waals surface area contributed by atoms with Gasteiger partial charge in [0.25, 0.3) is 0 Å². The van der Waals surface area contributed by atoms with E-state index in [0.717, 1.165) is 28.7 Å². The summed E-state index contributed by atoms with van der Waals surface area (Å²) in [6.45, 7) is 3.01. The Morgan fingerprint density at radius 2 is 2.10 bits per heavy atom. The molecule has 108 valence electrons. The summed E-state index contributed by atoms with van der Waals surface area (Å²) in [5.74, 6) is 0. The molecule has 0 spiro atoms. The predicted molar refractivity (Wildman–Crippen MR) is 87.5 cm³/mol. The summed E-state index contributed by atoms with van der Waals surface area (Å²) in [5.41, 5.74) is 2.00. The molecular weight excluding hydrogens is 361 g/mol. The number of hydrogen-bond donors (Lipinski definition) is 1. The van der Waals surface area contributed by atoms with Gasteiger partial charge < -0.3 is 5.32 Å². The maximum atomic E-state index is 6.28. The van der Waals surface area contributed by atoms with Gasteiger partial charge in [-0.25, -0.2) is 0 Å². The minimum absolute atomic E-state index is 0.0371. The lowest BCUT2D eigenvalue weighted by Gasteiger charge is -2.20. The first-order chi connectivity index (χ1) is 9.52. The summed E-state index contributed by atoms with van der Waals surface area (Å²) >= 11 is 15.9. The molecule has 1 heterocycles. The van der Waals surface area contributed by atoms with Gasteiger partial charge in [-0.05, 0) is 36.7 Å². The van der Waals surface area contributed by atoms with Crippen molar-refractivity contribution >= 4 is 39.1 Å². The number of rotatable bonds is 5. The van der Waals surface area contributed by atoms with Crippen LogP contribution in [-0.2, 0) is 7.05 Å². The molecule has 6 heteroatoms. The third kappa shape index (κ3) is 3.55. The van der Waals surface area contributed by atoms with Crippen LogP contribution in [0.5, 0.6) is 0 Å². The number of halogens is 3. The Bertz CT molecular complexity index is 558. The summed E-state index contributed by atoms with van der Waals surface area (Å²) in [6.07, 6.45) is 2.70. The van der Waals surface area contributed by atoms with Gasteiger partial charge in [-0.15, -0.1) is 0 Å². The molecule has 2 aromatic rings. The van der Waals surface area contributed by atoms with Gasteiger partial charge in [0.15, 0.2) is 0 Å². The van der Waals surface area contributed by atoms with Crippen LogP contribution in [0.4, 0.5) is 0 Å². The highest BCUT2D eigenvalue weighted by molar-refractivity contribution is 9.10. The van der Waals surface area contributed by atoms with E-state index in [1.165, 1.54) is 0 Å². The van der Waals surface area contributed by atoms with Gasteiger partial charge in [-0.3, -0.25) is 4.68 Å². The van der Waals surface area contributed by atoms with Crippen molar-refractivity contribution in [2.24, 2.45) is 7.05 Å². The molecule has 1 atom stereocenters. The van der Waals surface area contributed by atoms with Crippen LogP contribution in [0, 0.1) is 0 Å². The molecule has 1 unspecified atom stereocenters. The first-order valence-corrected chi connectivity index (χ1v) is 7.94. The fraction of sp³-hybridized carbons (Fsp3) is 0.357. The Balaban J connectivity index is 2.47. The van der Waals surface area contributed by atoms with Crippen LogP contribution in [0.1, 0.15) is 30.6 Å². The van der Waals surface area contributed by atoms with Crippen molar-refractivity contribution in [3.8, 4) is 0 Å². The molecule has 3 nitrogen and oxygen atoms in total. The molecule has 0 bridgehead atoms. The topological polar surface area (TPSA) is 29.9 Å². The van der Waals surface area contributed by atoms with Crippen molar-refractivity contribution in [2.75, 3.05) is 6.54 Å². The van der Waals surface area contributed by atoms with Crippen LogP contribution in [0.3, 0.4) is 0 Å². The van der Waals surface area contributed by atoms with Crippen LogP contribution in [0.25, 0.3) is 0 Å². The standard InChI is InChI=1S/C14H16BrCl2N3/c1-3-4-18-13(14-12(17)8-19-20(14)2)9-5-10(15)7-11(16)6-9/h5-8,13,18H,3-4H2,1-2H3. The molecule has 0 radical (unpaired) electrons. The summed E-state index contributed by atoms with van der Waals surface area (Å²) < 4.78 is 2.74. The molecule has 20 heavy (non-hydrogen) atoms. The zero-order valence-corrected chi connectivity index (χ0v) is 14.4. The van der Waals surface area contributed by atoms with Crippen molar-refractivity contribution in [2.45, 2.75) is 19.4 Å². The van der Waals surface area contributed by atoms with E-state index >= 15 is 0 Å². The number of aryl methyl sites for hydroxylation is 1. The van der Waals surface area contributed by atoms with Gasteiger partial charge in [-0.2, -0.15) is 5.10 Å². The Labute approximate surface area is 137 Å². The monoisotopic (exact) mass is 375 g/mol. The third-order valence-corrected chi connectivity index (χ3v) is 4.00. The molecule has 2 rings (SSSR count). The number of nitrogens with one attached hydrogen (secondary N) is 1. The molecule has 1 N–H and O–H groups in total. The lowest BCUT2D eigenvalue weighted by atomic mass is 10.0. The van der Waals surface area contributed by atoms with Crippen molar-refractivity contribution in [1.82, 2.24) is 15.1 Å². The lowest BCUT2D eigenvalue weighted by Crippen LogP contribution is -2.25. The van der Waals surface area contributed by atoms with E-state index in [0.29, 0.717) is 10.0 Å². The Kier molecular flexibility index (Phi) is 5.49. The zero-order valence-electron chi connectivity index (χ0n) is 11.3. The van der Waals surface area contributed by atoms with Crippen LogP contribution in [0.2, 0.25) is 10.0 Å². The number of aromatic nitrogens is 2. The largest absolute Gasteiger partial charge is 0.305 e. The van der Waals surface area contributed by atoms with Gasteiger partial charge in [0.2, 0.25) is 0 Å². The molecule has 1 aromatic heterocycles. The summed E-state index contributed by atoms with van der Waals surface area (Å²) in [7, 11) is 1.89. The fourth-order valence-electron chi connectivity index (χ4n) is 2.15. The first-order valence-electron chi connectivity index (χ1n) is 6.39. The van der Waals surface area contributed by atoms with Crippen LogP contribution < -0.4 is 5.32 Å². The highest BCUT2D eigenvalue weighted by Crippen LogP contribution is 2.31. The number of nitrogens with zero attached hydrogens (tertiary/aromatic N) is 2. The lowest BCUT2D eigenvalue weighted by molar-refractivity contribution is 0.553. The predicted octanol–water partition coefficient (Wildman–Crippen LogP) is 4.58. The second kappa shape index (κ2) is 6.94. The highest BCUT2D eigenvalue weighted by Gasteiger charge is 2.21. The summed E-state index contributed by atoms with van der Waals surface area (Å²) in [6, 6.07) is 5.82. The third-order valence-electron chi connectivity index (χ3n) is 3.03. The first kappa shape index (κ1) is 15.8. The van der Waals surface area contributed by atoms with Crippen molar-refractivity contribution < 1.29 is 0 Å². The minimum Gasteiger partial charge on any atom is -0.305 e. The van der Waals surface area contributed by atoms with Crippen molar-refractivity contribution in [1.29, 1.82) is 0 Å². The molecule has 0 saturated carbocycles. The summed E-state index contributed by atoms with van der Waals surface area (Å²) in [4.78, 5) is 0. The highest BCUT2D eigenvalue weighted by atomic mass is 79.9. The van der Waals surface area contributed by atoms with Crippen LogP contribution in [-0.4, -0.2) is 16.3 Å². The van der Waals surface area contributed by atoms with E-state index in [9.17, 15) is 0 Å². The Morgan fingerprint density at radius 3 is 2.65 bits per heavy atom. The van der Waals surface area contributed by atoms with E-state index in [1.807, 2.05) is 25.2 Å².